The van der Waals surface area contributed by atoms with Crippen LogP contribution >= 0.6 is 0 Å². The number of nitrogens with two attached hydrogens (primary N) is 1. The number of benzene rings is 1. The van der Waals surface area contributed by atoms with Crippen LogP contribution in [0.1, 0.15) is 11.9 Å². The van der Waals surface area contributed by atoms with Crippen molar-refractivity contribution in [3.63, 3.8) is 0 Å². The van der Waals surface area contributed by atoms with Crippen molar-refractivity contribution in [3.05, 3.63) is 22.2 Å². The van der Waals surface area contributed by atoms with Gasteiger partial charge in [0.25, 0.3) is 5.56 Å². The van der Waals surface area contributed by atoms with Gasteiger partial charge in [0.05, 0.1) is 10.9 Å². The predicted molar refractivity (Wildman–Crippen MR) is 116 cm³/mol. The van der Waals surface area contributed by atoms with Gasteiger partial charge in [-0.1, -0.05) is 16.1 Å². The van der Waals surface area contributed by atoms with Crippen LogP contribution in [-0.2, 0) is 9.59 Å². The first-order chi connectivity index (χ1) is 12.0. The number of hydrogen-bond donors (Lipinski definition) is 2. The molecule has 3 N–H and O–H groups in total. The molecule has 1 aliphatic heterocycles. The maximum atomic E-state index is 13.3. The van der Waals surface area contributed by atoms with Crippen molar-refractivity contribution < 1.29 is 9.59 Å². The number of imide groups is 1. The Morgan fingerprint density at radius 2 is 1.85 bits per heavy atom. The molecule has 1 aromatic heterocycles. The number of aryl methyl sites for hydroxylation is 1. The molecule has 0 aliphatic carbocycles. The lowest BCUT2D eigenvalue weighted by Gasteiger charge is -2.43. The zero-order chi connectivity index (χ0) is 19.5. The summed E-state index contributed by atoms with van der Waals surface area (Å²) in [6, 6.07) is 0.985. The Kier molecular flexibility index (Phi) is 4.12. The number of piperidine rings is 1. The van der Waals surface area contributed by atoms with Gasteiger partial charge in [0.15, 0.2) is 0 Å². The van der Waals surface area contributed by atoms with Crippen molar-refractivity contribution in [1.29, 1.82) is 0 Å². The number of fused-ring (bicyclic) bond motifs is 1. The largest absolute Gasteiger partial charge is 0.398 e. The van der Waals surface area contributed by atoms with Crippen LogP contribution in [-0.4, -0.2) is 60.6 Å². The van der Waals surface area contributed by atoms with E-state index < -0.39 is 23.0 Å². The van der Waals surface area contributed by atoms with Gasteiger partial charge >= 0.3 is 0 Å². The van der Waals surface area contributed by atoms with Crippen LogP contribution in [0.2, 0.25) is 11.0 Å². The number of nitrogen functional groups attached to an aromatic ring is 1. The molecular formula is C14H19B5N4O3. The number of aromatic nitrogens is 2. The Morgan fingerprint density at radius 3 is 2.46 bits per heavy atom. The van der Waals surface area contributed by atoms with Crippen LogP contribution < -0.4 is 27.5 Å². The van der Waals surface area contributed by atoms with Gasteiger partial charge in [-0.25, -0.2) is 4.98 Å². The van der Waals surface area contributed by atoms with E-state index in [0.29, 0.717) is 22.4 Å². The number of nitrogens with zero attached hydrogens (tertiary/aromatic N) is 2. The fraction of sp³-hybridized carbons (Fsp3) is 0.286. The van der Waals surface area contributed by atoms with Crippen molar-refractivity contribution in [2.75, 3.05) is 5.73 Å². The fourth-order valence-electron chi connectivity index (χ4n) is 3.70. The molecule has 0 bridgehead atoms. The normalized spacial score (nSPS) is 22.3. The molecule has 2 unspecified atom stereocenters. The van der Waals surface area contributed by atoms with E-state index >= 15 is 0 Å². The minimum atomic E-state index is -0.847. The molecule has 2 heterocycles. The molecule has 2 aromatic rings. The van der Waals surface area contributed by atoms with Gasteiger partial charge in [0.1, 0.15) is 51.1 Å². The van der Waals surface area contributed by atoms with E-state index in [1.807, 2.05) is 37.5 Å². The van der Waals surface area contributed by atoms with Gasteiger partial charge in [0.2, 0.25) is 11.8 Å². The number of rotatable bonds is 1. The summed E-state index contributed by atoms with van der Waals surface area (Å²) in [7, 11) is 9.16. The monoisotopic (exact) mass is 346 g/mol. The fourth-order valence-corrected chi connectivity index (χ4v) is 3.70. The summed E-state index contributed by atoms with van der Waals surface area (Å²) in [4.78, 5) is 42.6. The summed E-state index contributed by atoms with van der Waals surface area (Å²) in [5.74, 6) is -0.849. The average molecular weight is 345 g/mol. The van der Waals surface area contributed by atoms with E-state index in [-0.39, 0.29) is 11.5 Å². The Bertz CT molecular complexity index is 1040. The van der Waals surface area contributed by atoms with Crippen LogP contribution in [0.25, 0.3) is 10.9 Å². The number of amides is 2. The summed E-state index contributed by atoms with van der Waals surface area (Å²) < 4.78 is 1.38. The second-order valence-electron chi connectivity index (χ2n) is 7.76. The number of anilines is 1. The number of carbonyl (C=O) groups is 2. The molecular weight excluding hydrogens is 326 g/mol. The molecule has 0 radical (unpaired) electrons. The van der Waals surface area contributed by atoms with Gasteiger partial charge in [-0.15, -0.1) is 0 Å². The number of carbonyl (C=O) groups excluding carboxylic acids is 2. The summed E-state index contributed by atoms with van der Waals surface area (Å²) in [6.07, 6.45) is 0. The average Bonchev–Trinajstić information content (AvgIpc) is 2.53. The number of nitrogens with one attached hydrogen (secondary N) is 1. The van der Waals surface area contributed by atoms with Crippen LogP contribution in [0, 0.1) is 6.92 Å². The van der Waals surface area contributed by atoms with E-state index in [2.05, 4.69) is 10.3 Å². The highest BCUT2D eigenvalue weighted by Crippen LogP contribution is 2.45. The Balaban J connectivity index is 2.37. The molecule has 1 saturated heterocycles. The summed E-state index contributed by atoms with van der Waals surface area (Å²) in [5.41, 5.74) is 8.52. The molecule has 1 aromatic carbocycles. The molecule has 3 rings (SSSR count). The molecule has 1 fully saturated rings. The third-order valence-corrected chi connectivity index (χ3v) is 5.90. The van der Waals surface area contributed by atoms with E-state index in [0.717, 1.165) is 10.9 Å². The molecule has 12 heteroatoms. The van der Waals surface area contributed by atoms with Crippen LogP contribution in [0.4, 0.5) is 5.69 Å². The molecule has 0 spiro atoms. The first-order valence-corrected chi connectivity index (χ1v) is 8.61. The van der Waals surface area contributed by atoms with Gasteiger partial charge in [-0.05, 0) is 13.0 Å². The van der Waals surface area contributed by atoms with Crippen LogP contribution in [0.15, 0.2) is 10.9 Å². The van der Waals surface area contributed by atoms with Gasteiger partial charge in [-0.2, -0.15) is 0 Å². The number of hydrogen-bond acceptors (Lipinski definition) is 5. The second-order valence-corrected chi connectivity index (χ2v) is 7.76. The van der Waals surface area contributed by atoms with Crippen molar-refractivity contribution in [2.45, 2.75) is 24.0 Å². The standard InChI is InChI=1S/C14H19B5N4O3/c1-3-21-5-2-4(15)7(16)8(20)6(5)13(26)23(3)10-12(25)22-11(24)9(17)14(10,18)19/h2,9-10H,15-20H2,1H3,(H,22,24,25). The molecule has 26 heavy (non-hydrogen) atoms. The summed E-state index contributed by atoms with van der Waals surface area (Å²) >= 11 is 0. The minimum Gasteiger partial charge on any atom is -0.398 e. The van der Waals surface area contributed by atoms with Crippen molar-refractivity contribution in [3.8, 4) is 0 Å². The third-order valence-electron chi connectivity index (χ3n) is 5.90. The maximum absolute atomic E-state index is 13.3. The highest BCUT2D eigenvalue weighted by atomic mass is 16.2. The molecule has 128 valence electrons. The second kappa shape index (κ2) is 5.82. The highest BCUT2D eigenvalue weighted by molar-refractivity contribution is 6.52. The topological polar surface area (TPSA) is 107 Å². The summed E-state index contributed by atoms with van der Waals surface area (Å²) in [5, 5.41) is 1.93. The SMILES string of the molecule is Bc1cc2nc(C)n(C3C(=O)NC(=O)C(B)C3(B)B)c(=O)c2c(N)c1B. The predicted octanol–water partition coefficient (Wildman–Crippen LogP) is -6.19. The highest BCUT2D eigenvalue weighted by Gasteiger charge is 2.48. The first kappa shape index (κ1) is 18.4. The third kappa shape index (κ3) is 2.42. The zero-order valence-corrected chi connectivity index (χ0v) is 15.9. The van der Waals surface area contributed by atoms with Crippen molar-refractivity contribution in [1.82, 2.24) is 14.9 Å². The molecule has 2 atom stereocenters. The Morgan fingerprint density at radius 1 is 1.23 bits per heavy atom. The van der Waals surface area contributed by atoms with Crippen molar-refractivity contribution in [2.24, 2.45) is 0 Å². The van der Waals surface area contributed by atoms with Crippen LogP contribution in [0.5, 0.6) is 0 Å². The Labute approximate surface area is 155 Å². The molecule has 0 saturated carbocycles. The van der Waals surface area contributed by atoms with E-state index in [9.17, 15) is 14.4 Å². The molecule has 1 aliphatic rings. The molecule has 7 nitrogen and oxygen atoms in total. The van der Waals surface area contributed by atoms with E-state index in [1.165, 1.54) is 4.57 Å². The smallest absolute Gasteiger partial charge is 0.264 e. The first-order valence-electron chi connectivity index (χ1n) is 8.61. The van der Waals surface area contributed by atoms with Crippen molar-refractivity contribution >= 4 is 78.6 Å². The lowest BCUT2D eigenvalue weighted by atomic mass is 9.39. The maximum Gasteiger partial charge on any atom is 0.264 e. The van der Waals surface area contributed by atoms with Crippen LogP contribution in [0.3, 0.4) is 0 Å². The summed E-state index contributed by atoms with van der Waals surface area (Å²) in [6.45, 7) is 1.69. The molecule has 2 amide bonds. The van der Waals surface area contributed by atoms with Gasteiger partial charge in [0, 0.05) is 11.5 Å². The van der Waals surface area contributed by atoms with E-state index in [1.54, 1.807) is 14.8 Å². The Hall–Kier alpha value is -2.38. The van der Waals surface area contributed by atoms with Gasteiger partial charge < -0.3 is 5.73 Å². The zero-order valence-electron chi connectivity index (χ0n) is 15.9. The quantitative estimate of drug-likeness (QED) is 0.304. The lowest BCUT2D eigenvalue weighted by Crippen LogP contribution is -2.55. The van der Waals surface area contributed by atoms with Gasteiger partial charge in [-0.3, -0.25) is 24.3 Å². The lowest BCUT2D eigenvalue weighted by molar-refractivity contribution is -0.136. The minimum absolute atomic E-state index is 0.312. The van der Waals surface area contributed by atoms with E-state index in [4.69, 9.17) is 5.73 Å².